The average Bonchev–Trinajstić information content (AvgIpc) is 3.11. The summed E-state index contributed by atoms with van der Waals surface area (Å²) in [7, 11) is 0. The van der Waals surface area contributed by atoms with Crippen LogP contribution < -0.4 is 5.32 Å². The molecule has 1 fully saturated rings. The van der Waals surface area contributed by atoms with Gasteiger partial charge in [0.15, 0.2) is 0 Å². The van der Waals surface area contributed by atoms with Crippen molar-refractivity contribution in [2.24, 2.45) is 5.92 Å². The monoisotopic (exact) mass is 367 g/mol. The summed E-state index contributed by atoms with van der Waals surface area (Å²) in [5.74, 6) is 0.522. The van der Waals surface area contributed by atoms with Crippen LogP contribution in [-0.4, -0.2) is 21.8 Å². The fourth-order valence-corrected chi connectivity index (χ4v) is 3.76. The highest BCUT2D eigenvalue weighted by molar-refractivity contribution is 6.30. The minimum atomic E-state index is -0.0904. The maximum Gasteiger partial charge on any atom is 0.271 e. The fourth-order valence-electron chi connectivity index (χ4n) is 3.63. The highest BCUT2D eigenvalue weighted by Gasteiger charge is 2.16. The zero-order valence-corrected chi connectivity index (χ0v) is 15.4. The number of nitrogens with zero attached hydrogens (tertiary/aromatic N) is 2. The Hall–Kier alpha value is -2.33. The number of rotatable bonds is 4. The molecular formula is C21H22ClN3O. The lowest BCUT2D eigenvalue weighted by Crippen LogP contribution is -2.30. The van der Waals surface area contributed by atoms with E-state index in [0.717, 1.165) is 28.3 Å². The molecule has 1 aliphatic carbocycles. The molecule has 1 N–H and O–H groups in total. The number of nitrogens with one attached hydrogen (secondary N) is 1. The van der Waals surface area contributed by atoms with Crippen LogP contribution in [0.25, 0.3) is 16.8 Å². The molecule has 0 atom stereocenters. The second kappa shape index (κ2) is 7.50. The first-order valence-corrected chi connectivity index (χ1v) is 9.60. The van der Waals surface area contributed by atoms with E-state index in [9.17, 15) is 4.79 Å². The molecule has 0 unspecified atom stereocenters. The van der Waals surface area contributed by atoms with Crippen molar-refractivity contribution in [3.8, 4) is 11.1 Å². The van der Waals surface area contributed by atoms with Crippen LogP contribution in [-0.2, 0) is 0 Å². The van der Waals surface area contributed by atoms with E-state index in [-0.39, 0.29) is 5.91 Å². The Morgan fingerprint density at radius 3 is 2.54 bits per heavy atom. The summed E-state index contributed by atoms with van der Waals surface area (Å²) in [6.45, 7) is 0.753. The largest absolute Gasteiger partial charge is 0.350 e. The normalized spacial score (nSPS) is 15.3. The Morgan fingerprint density at radius 1 is 1.04 bits per heavy atom. The Balaban J connectivity index is 1.49. The molecule has 0 bridgehead atoms. The van der Waals surface area contributed by atoms with E-state index in [2.05, 4.69) is 10.3 Å². The van der Waals surface area contributed by atoms with Crippen molar-refractivity contribution < 1.29 is 4.79 Å². The first-order chi connectivity index (χ1) is 12.7. The first kappa shape index (κ1) is 17.1. The van der Waals surface area contributed by atoms with Gasteiger partial charge in [-0.3, -0.25) is 4.79 Å². The topological polar surface area (TPSA) is 46.4 Å². The molecule has 1 aromatic carbocycles. The number of benzene rings is 1. The van der Waals surface area contributed by atoms with Crippen LogP contribution in [0.2, 0.25) is 5.02 Å². The molecule has 0 saturated heterocycles. The number of carbonyl (C=O) groups is 1. The third kappa shape index (κ3) is 3.75. The molecule has 4 nitrogen and oxygen atoms in total. The standard InChI is InChI=1S/C21H22ClN3O/c22-18-9-6-16(7-10-18)17-8-11-20-24-19(14-25(20)13-17)21(26)23-12-15-4-2-1-3-5-15/h6-11,13-15H,1-5,12H2,(H,23,26). The first-order valence-electron chi connectivity index (χ1n) is 9.22. The summed E-state index contributed by atoms with van der Waals surface area (Å²) < 4.78 is 1.90. The zero-order valence-electron chi connectivity index (χ0n) is 14.6. The van der Waals surface area contributed by atoms with Crippen molar-refractivity contribution in [3.05, 3.63) is 59.5 Å². The number of hydrogen-bond acceptors (Lipinski definition) is 2. The number of imidazole rings is 1. The maximum absolute atomic E-state index is 12.4. The van der Waals surface area contributed by atoms with Gasteiger partial charge < -0.3 is 9.72 Å². The van der Waals surface area contributed by atoms with Gasteiger partial charge in [-0.2, -0.15) is 0 Å². The van der Waals surface area contributed by atoms with E-state index < -0.39 is 0 Å². The van der Waals surface area contributed by atoms with Gasteiger partial charge in [-0.1, -0.05) is 43.0 Å². The fraction of sp³-hybridized carbons (Fsp3) is 0.333. The lowest BCUT2D eigenvalue weighted by molar-refractivity contribution is 0.0939. The molecular weight excluding hydrogens is 346 g/mol. The molecule has 134 valence electrons. The quantitative estimate of drug-likeness (QED) is 0.708. The third-order valence-corrected chi connectivity index (χ3v) is 5.39. The molecule has 1 saturated carbocycles. The molecule has 0 radical (unpaired) electrons. The Morgan fingerprint density at radius 2 is 1.77 bits per heavy atom. The van der Waals surface area contributed by atoms with Crippen LogP contribution >= 0.6 is 11.6 Å². The Bertz CT molecular complexity index is 911. The third-order valence-electron chi connectivity index (χ3n) is 5.14. The minimum Gasteiger partial charge on any atom is -0.350 e. The molecule has 5 heteroatoms. The summed E-state index contributed by atoms with van der Waals surface area (Å²) in [6, 6.07) is 11.7. The summed E-state index contributed by atoms with van der Waals surface area (Å²) in [5.41, 5.74) is 3.37. The van der Waals surface area contributed by atoms with Crippen LogP contribution in [0.5, 0.6) is 0 Å². The molecule has 1 amide bonds. The van der Waals surface area contributed by atoms with Gasteiger partial charge in [0.05, 0.1) is 0 Å². The molecule has 3 aromatic rings. The van der Waals surface area contributed by atoms with Gasteiger partial charge in [0, 0.05) is 24.0 Å². The van der Waals surface area contributed by atoms with Crippen LogP contribution in [0.4, 0.5) is 0 Å². The second-order valence-corrected chi connectivity index (χ2v) is 7.47. The Kier molecular flexibility index (Phi) is 4.93. The van der Waals surface area contributed by atoms with Crippen LogP contribution in [0, 0.1) is 5.92 Å². The summed E-state index contributed by atoms with van der Waals surface area (Å²) in [4.78, 5) is 16.9. The van der Waals surface area contributed by atoms with Crippen molar-refractivity contribution in [2.45, 2.75) is 32.1 Å². The number of pyridine rings is 1. The average molecular weight is 368 g/mol. The van der Waals surface area contributed by atoms with Crippen LogP contribution in [0.15, 0.2) is 48.8 Å². The predicted molar refractivity (Wildman–Crippen MR) is 105 cm³/mol. The second-order valence-electron chi connectivity index (χ2n) is 7.03. The summed E-state index contributed by atoms with van der Waals surface area (Å²) in [5, 5.41) is 3.77. The van der Waals surface area contributed by atoms with Gasteiger partial charge >= 0.3 is 0 Å². The van der Waals surface area contributed by atoms with E-state index in [1.54, 1.807) is 6.20 Å². The van der Waals surface area contributed by atoms with Crippen molar-refractivity contribution in [1.29, 1.82) is 0 Å². The van der Waals surface area contributed by atoms with Gasteiger partial charge in [-0.05, 0) is 54.2 Å². The van der Waals surface area contributed by atoms with Crippen molar-refractivity contribution >= 4 is 23.2 Å². The van der Waals surface area contributed by atoms with Crippen molar-refractivity contribution in [2.75, 3.05) is 6.54 Å². The van der Waals surface area contributed by atoms with E-state index in [1.807, 2.05) is 47.0 Å². The van der Waals surface area contributed by atoms with Crippen molar-refractivity contribution in [1.82, 2.24) is 14.7 Å². The smallest absolute Gasteiger partial charge is 0.271 e. The summed E-state index contributed by atoms with van der Waals surface area (Å²) >= 11 is 5.96. The predicted octanol–water partition coefficient (Wildman–Crippen LogP) is 4.96. The SMILES string of the molecule is O=C(NCC1CCCCC1)c1cn2cc(-c3ccc(Cl)cc3)ccc2n1. The van der Waals surface area contributed by atoms with Crippen LogP contribution in [0.3, 0.4) is 0 Å². The van der Waals surface area contributed by atoms with Gasteiger partial charge in [0.25, 0.3) is 5.91 Å². The van der Waals surface area contributed by atoms with Gasteiger partial charge in [0.2, 0.25) is 0 Å². The van der Waals surface area contributed by atoms with E-state index in [4.69, 9.17) is 11.6 Å². The molecule has 2 heterocycles. The summed E-state index contributed by atoms with van der Waals surface area (Å²) in [6.07, 6.45) is 10.1. The maximum atomic E-state index is 12.4. The zero-order chi connectivity index (χ0) is 17.9. The van der Waals surface area contributed by atoms with Gasteiger partial charge in [-0.15, -0.1) is 0 Å². The highest BCUT2D eigenvalue weighted by atomic mass is 35.5. The van der Waals surface area contributed by atoms with Gasteiger partial charge in [-0.25, -0.2) is 4.98 Å². The highest BCUT2D eigenvalue weighted by Crippen LogP contribution is 2.24. The Labute approximate surface area is 158 Å². The number of aromatic nitrogens is 2. The lowest BCUT2D eigenvalue weighted by Gasteiger charge is -2.21. The molecule has 1 aliphatic rings. The molecule has 26 heavy (non-hydrogen) atoms. The number of amides is 1. The lowest BCUT2D eigenvalue weighted by atomic mass is 9.89. The molecule has 0 aliphatic heterocycles. The van der Waals surface area contributed by atoms with Crippen molar-refractivity contribution in [3.63, 3.8) is 0 Å². The van der Waals surface area contributed by atoms with Gasteiger partial charge in [0.1, 0.15) is 11.3 Å². The minimum absolute atomic E-state index is 0.0904. The molecule has 2 aromatic heterocycles. The van der Waals surface area contributed by atoms with Crippen LogP contribution in [0.1, 0.15) is 42.6 Å². The number of hydrogen-bond donors (Lipinski definition) is 1. The van der Waals surface area contributed by atoms with E-state index >= 15 is 0 Å². The van der Waals surface area contributed by atoms with E-state index in [0.29, 0.717) is 11.6 Å². The number of halogens is 1. The molecule has 4 rings (SSSR count). The number of fused-ring (bicyclic) bond motifs is 1. The van der Waals surface area contributed by atoms with E-state index in [1.165, 1.54) is 32.1 Å². The number of carbonyl (C=O) groups excluding carboxylic acids is 1. The molecule has 0 spiro atoms.